The van der Waals surface area contributed by atoms with Gasteiger partial charge in [0, 0.05) is 20.8 Å². The van der Waals surface area contributed by atoms with E-state index in [1.807, 2.05) is 0 Å². The monoisotopic (exact) mass is 326 g/mol. The molecule has 0 aromatic heterocycles. The van der Waals surface area contributed by atoms with E-state index in [2.05, 4.69) is 53.9 Å². The van der Waals surface area contributed by atoms with Crippen LogP contribution in [0.3, 0.4) is 0 Å². The summed E-state index contributed by atoms with van der Waals surface area (Å²) in [5, 5.41) is 0. The molecule has 2 rings (SSSR count). The lowest BCUT2D eigenvalue weighted by atomic mass is 10.2. The molecule has 2 unspecified atom stereocenters. The topological polar surface area (TPSA) is 0 Å². The minimum Gasteiger partial charge on any atom is -0.0656 e. The number of hydrogen-bond donors (Lipinski definition) is 0. The molecule has 54 valence electrons. The van der Waals surface area contributed by atoms with E-state index in [4.69, 9.17) is 0 Å². The zero-order valence-corrected chi connectivity index (χ0v) is 9.83. The third-order valence-corrected chi connectivity index (χ3v) is 5.39. The Kier molecular flexibility index (Phi) is 1.86. The molecule has 0 radical (unpaired) electrons. The molecule has 0 amide bonds. The van der Waals surface area contributed by atoms with E-state index in [0.717, 1.165) is 0 Å². The Morgan fingerprint density at radius 1 is 1.20 bits per heavy atom. The summed E-state index contributed by atoms with van der Waals surface area (Å²) in [4.78, 5) is 0. The third kappa shape index (κ3) is 0.901. The number of halogens is 3. The van der Waals surface area contributed by atoms with Crippen molar-refractivity contribution >= 4 is 47.8 Å². The summed E-state index contributed by atoms with van der Waals surface area (Å²) in [6.07, 6.45) is 3.52. The molecule has 10 heavy (non-hydrogen) atoms. The first-order valence-electron chi connectivity index (χ1n) is 3.12. The van der Waals surface area contributed by atoms with E-state index >= 15 is 0 Å². The summed E-state index contributed by atoms with van der Waals surface area (Å²) in [6, 6.07) is 0. The van der Waals surface area contributed by atoms with Crippen LogP contribution in [0.15, 0.2) is 19.5 Å². The average Bonchev–Trinajstić information content (AvgIpc) is 2.36. The first-order valence-corrected chi connectivity index (χ1v) is 5.50. The van der Waals surface area contributed by atoms with E-state index < -0.39 is 0 Å². The summed E-state index contributed by atoms with van der Waals surface area (Å²) < 4.78 is 4.00. The van der Waals surface area contributed by atoms with Gasteiger partial charge in [-0.15, -0.1) is 0 Å². The van der Waals surface area contributed by atoms with E-state index in [1.165, 1.54) is 19.9 Å². The highest BCUT2D eigenvalue weighted by Crippen LogP contribution is 2.53. The molecule has 2 aliphatic rings. The molecule has 0 saturated carbocycles. The summed E-state index contributed by atoms with van der Waals surface area (Å²) >= 11 is 10.7. The lowest BCUT2D eigenvalue weighted by molar-refractivity contribution is 0.723. The molecule has 2 aliphatic carbocycles. The lowest BCUT2D eigenvalue weighted by Crippen LogP contribution is -1.90. The van der Waals surface area contributed by atoms with Crippen LogP contribution in [0.1, 0.15) is 6.42 Å². The Hall–Kier alpha value is 0.920. The second-order valence-electron chi connectivity index (χ2n) is 2.64. The quantitative estimate of drug-likeness (QED) is 0.632. The van der Waals surface area contributed by atoms with Crippen LogP contribution in [-0.2, 0) is 0 Å². The van der Waals surface area contributed by atoms with Crippen LogP contribution >= 0.6 is 47.8 Å². The fourth-order valence-electron chi connectivity index (χ4n) is 1.49. The van der Waals surface area contributed by atoms with Gasteiger partial charge in [0.05, 0.1) is 0 Å². The predicted molar refractivity (Wildman–Crippen MR) is 53.5 cm³/mol. The van der Waals surface area contributed by atoms with Crippen LogP contribution in [-0.4, -0.2) is 0 Å². The zero-order chi connectivity index (χ0) is 7.30. The van der Waals surface area contributed by atoms with Crippen LogP contribution in [0, 0.1) is 11.8 Å². The number of fused-ring (bicyclic) bond motifs is 2. The maximum absolute atomic E-state index is 3.56. The van der Waals surface area contributed by atoms with Crippen LogP contribution in [0.25, 0.3) is 0 Å². The van der Waals surface area contributed by atoms with Crippen molar-refractivity contribution in [2.75, 3.05) is 0 Å². The van der Waals surface area contributed by atoms with Gasteiger partial charge in [-0.3, -0.25) is 0 Å². The molecule has 0 fully saturated rings. The van der Waals surface area contributed by atoms with Crippen molar-refractivity contribution in [2.45, 2.75) is 6.42 Å². The average molecular weight is 329 g/mol. The van der Waals surface area contributed by atoms with E-state index in [1.54, 1.807) is 0 Å². The zero-order valence-electron chi connectivity index (χ0n) is 5.07. The Labute approximate surface area is 85.1 Å². The van der Waals surface area contributed by atoms with Crippen LogP contribution in [0.4, 0.5) is 0 Å². The molecule has 3 heteroatoms. The molecule has 2 bridgehead atoms. The SMILES string of the molecule is BrC1=CC2CC1C(Br)=C2Br. The van der Waals surface area contributed by atoms with Gasteiger partial charge in [-0.25, -0.2) is 0 Å². The first-order chi connectivity index (χ1) is 4.70. The van der Waals surface area contributed by atoms with Gasteiger partial charge in [-0.2, -0.15) is 0 Å². The minimum atomic E-state index is 0.611. The van der Waals surface area contributed by atoms with E-state index in [0.29, 0.717) is 11.8 Å². The number of hydrogen-bond acceptors (Lipinski definition) is 0. The Morgan fingerprint density at radius 2 is 1.90 bits per heavy atom. The minimum absolute atomic E-state index is 0.611. The molecular weight excluding hydrogens is 324 g/mol. The molecule has 0 heterocycles. The van der Waals surface area contributed by atoms with Gasteiger partial charge in [0.2, 0.25) is 0 Å². The highest BCUT2D eigenvalue weighted by Gasteiger charge is 2.36. The van der Waals surface area contributed by atoms with Gasteiger partial charge in [-0.05, 0) is 10.9 Å². The number of allylic oxidation sites excluding steroid dienone is 4. The van der Waals surface area contributed by atoms with Gasteiger partial charge in [0.15, 0.2) is 0 Å². The molecular formula is C7H5Br3. The van der Waals surface area contributed by atoms with Crippen molar-refractivity contribution < 1.29 is 0 Å². The van der Waals surface area contributed by atoms with Crippen molar-refractivity contribution in [3.8, 4) is 0 Å². The molecule has 0 aromatic rings. The molecule has 0 nitrogen and oxygen atoms in total. The van der Waals surface area contributed by atoms with Crippen LogP contribution in [0.2, 0.25) is 0 Å². The molecule has 0 aromatic carbocycles. The Morgan fingerprint density at radius 3 is 2.30 bits per heavy atom. The van der Waals surface area contributed by atoms with Crippen LogP contribution in [0.5, 0.6) is 0 Å². The van der Waals surface area contributed by atoms with Gasteiger partial charge >= 0.3 is 0 Å². The van der Waals surface area contributed by atoms with Gasteiger partial charge in [-0.1, -0.05) is 53.9 Å². The largest absolute Gasteiger partial charge is 0.0656 e. The molecule has 2 atom stereocenters. The van der Waals surface area contributed by atoms with Crippen molar-refractivity contribution in [2.24, 2.45) is 11.8 Å². The number of rotatable bonds is 0. The molecule has 0 aliphatic heterocycles. The lowest BCUT2D eigenvalue weighted by Gasteiger charge is -2.07. The maximum Gasteiger partial charge on any atom is 0.0236 e. The molecule has 0 spiro atoms. The van der Waals surface area contributed by atoms with Gasteiger partial charge in [0.1, 0.15) is 0 Å². The highest BCUT2D eigenvalue weighted by molar-refractivity contribution is 9.14. The fraction of sp³-hybridized carbons (Fsp3) is 0.429. The fourth-order valence-corrected chi connectivity index (χ4v) is 3.85. The van der Waals surface area contributed by atoms with E-state index in [9.17, 15) is 0 Å². The van der Waals surface area contributed by atoms with Crippen molar-refractivity contribution in [3.63, 3.8) is 0 Å². The van der Waals surface area contributed by atoms with Gasteiger partial charge in [0.25, 0.3) is 0 Å². The second-order valence-corrected chi connectivity index (χ2v) is 5.27. The van der Waals surface area contributed by atoms with Crippen molar-refractivity contribution in [3.05, 3.63) is 19.5 Å². The van der Waals surface area contributed by atoms with E-state index in [-0.39, 0.29) is 0 Å². The maximum atomic E-state index is 3.56. The Balaban J connectivity index is 2.41. The Bertz CT molecular complexity index is 239. The summed E-state index contributed by atoms with van der Waals surface area (Å²) in [7, 11) is 0. The van der Waals surface area contributed by atoms with Crippen LogP contribution < -0.4 is 0 Å². The molecule has 0 N–H and O–H groups in total. The summed E-state index contributed by atoms with van der Waals surface area (Å²) in [6.45, 7) is 0. The molecule has 0 saturated heterocycles. The second kappa shape index (κ2) is 2.46. The van der Waals surface area contributed by atoms with Gasteiger partial charge < -0.3 is 0 Å². The van der Waals surface area contributed by atoms with Crippen molar-refractivity contribution in [1.29, 1.82) is 0 Å². The summed E-state index contributed by atoms with van der Waals surface area (Å²) in [5.74, 6) is 1.24. The third-order valence-electron chi connectivity index (χ3n) is 2.04. The predicted octanol–water partition coefficient (Wildman–Crippen LogP) is 3.92. The summed E-state index contributed by atoms with van der Waals surface area (Å²) in [5.41, 5.74) is 0. The first kappa shape index (κ1) is 7.56. The standard InChI is InChI=1S/C7H5Br3/c8-5-2-3-1-4(5)7(10)6(3)9/h2-4H,1H2. The normalized spacial score (nSPS) is 37.3. The van der Waals surface area contributed by atoms with Crippen molar-refractivity contribution in [1.82, 2.24) is 0 Å². The highest BCUT2D eigenvalue weighted by atomic mass is 79.9. The smallest absolute Gasteiger partial charge is 0.0236 e.